The summed E-state index contributed by atoms with van der Waals surface area (Å²) in [6, 6.07) is 0. The van der Waals surface area contributed by atoms with Crippen LogP contribution < -0.4 is 16.0 Å². The zero-order valence-corrected chi connectivity index (χ0v) is 15.3. The van der Waals surface area contributed by atoms with Gasteiger partial charge in [0.1, 0.15) is 0 Å². The molecule has 0 unspecified atom stereocenters. The van der Waals surface area contributed by atoms with Crippen molar-refractivity contribution in [3.8, 4) is 0 Å². The van der Waals surface area contributed by atoms with E-state index in [0.29, 0.717) is 19.6 Å². The Hall–Kier alpha value is -0.790. The molecule has 1 saturated carbocycles. The monoisotopic (exact) mass is 408 g/mol. The van der Waals surface area contributed by atoms with Crippen LogP contribution in [0.5, 0.6) is 0 Å². The van der Waals surface area contributed by atoms with Crippen LogP contribution in [0.1, 0.15) is 39.0 Å². The summed E-state index contributed by atoms with van der Waals surface area (Å²) in [5.41, 5.74) is 0. The fourth-order valence-corrected chi connectivity index (χ4v) is 2.37. The summed E-state index contributed by atoms with van der Waals surface area (Å²) in [7, 11) is 0. The maximum absolute atomic E-state index is 11.9. The standard InChI is InChI=1S/C15H28N4O.HI/c1-3-10-18-15(16-4-2)19-12-11-17-14(20)13-8-6-5-7-9-13;/h3,13H,1,4-12H2,2H3,(H,17,20)(H2,16,18,19);1H. The minimum atomic E-state index is 0. The molecular formula is C15H29IN4O. The lowest BCUT2D eigenvalue weighted by Gasteiger charge is -2.20. The summed E-state index contributed by atoms with van der Waals surface area (Å²) in [6.07, 6.45) is 7.52. The van der Waals surface area contributed by atoms with Crippen molar-refractivity contribution in [2.75, 3.05) is 26.2 Å². The summed E-state index contributed by atoms with van der Waals surface area (Å²) in [5.74, 6) is 1.18. The Bertz CT molecular complexity index is 328. The summed E-state index contributed by atoms with van der Waals surface area (Å²) < 4.78 is 0. The number of rotatable bonds is 7. The molecular weight excluding hydrogens is 379 g/mol. The first kappa shape index (κ1) is 20.2. The van der Waals surface area contributed by atoms with Gasteiger partial charge in [-0.15, -0.1) is 30.6 Å². The van der Waals surface area contributed by atoms with E-state index in [1.807, 2.05) is 6.92 Å². The lowest BCUT2D eigenvalue weighted by atomic mass is 9.89. The molecule has 1 aliphatic carbocycles. The van der Waals surface area contributed by atoms with Gasteiger partial charge in [-0.1, -0.05) is 25.3 Å². The second-order valence-corrected chi connectivity index (χ2v) is 5.06. The highest BCUT2D eigenvalue weighted by Crippen LogP contribution is 2.23. The normalized spacial score (nSPS) is 15.8. The number of guanidine groups is 1. The third kappa shape index (κ3) is 8.95. The molecule has 1 rings (SSSR count). The summed E-state index contributed by atoms with van der Waals surface area (Å²) in [4.78, 5) is 16.3. The molecule has 0 atom stereocenters. The van der Waals surface area contributed by atoms with Gasteiger partial charge in [0.2, 0.25) is 5.91 Å². The molecule has 0 aromatic heterocycles. The Kier molecular flexibility index (Phi) is 12.4. The Balaban J connectivity index is 0.00000400. The third-order valence-electron chi connectivity index (χ3n) is 3.41. The SMILES string of the molecule is C=CCNC(=NCCNC(=O)C1CCCCC1)NCC.I. The highest BCUT2D eigenvalue weighted by atomic mass is 127. The van der Waals surface area contributed by atoms with Crippen LogP contribution in [-0.4, -0.2) is 38.0 Å². The molecule has 122 valence electrons. The molecule has 6 heteroatoms. The highest BCUT2D eigenvalue weighted by molar-refractivity contribution is 14.0. The van der Waals surface area contributed by atoms with Crippen LogP contribution >= 0.6 is 24.0 Å². The lowest BCUT2D eigenvalue weighted by molar-refractivity contribution is -0.125. The number of nitrogens with zero attached hydrogens (tertiary/aromatic N) is 1. The average molecular weight is 408 g/mol. The Morgan fingerprint density at radius 3 is 2.57 bits per heavy atom. The van der Waals surface area contributed by atoms with Gasteiger partial charge in [-0.3, -0.25) is 9.79 Å². The van der Waals surface area contributed by atoms with E-state index in [9.17, 15) is 4.79 Å². The fourth-order valence-electron chi connectivity index (χ4n) is 2.37. The van der Waals surface area contributed by atoms with Gasteiger partial charge in [-0.25, -0.2) is 0 Å². The summed E-state index contributed by atoms with van der Waals surface area (Å²) in [6.45, 7) is 8.37. The minimum Gasteiger partial charge on any atom is -0.357 e. The molecule has 5 nitrogen and oxygen atoms in total. The van der Waals surface area contributed by atoms with Crippen LogP contribution in [0.2, 0.25) is 0 Å². The van der Waals surface area contributed by atoms with Gasteiger partial charge in [0.25, 0.3) is 0 Å². The molecule has 21 heavy (non-hydrogen) atoms. The fraction of sp³-hybridized carbons (Fsp3) is 0.733. The van der Waals surface area contributed by atoms with E-state index in [0.717, 1.165) is 25.3 Å². The molecule has 0 aromatic rings. The predicted octanol–water partition coefficient (Wildman–Crippen LogP) is 2.04. The number of carbonyl (C=O) groups excluding carboxylic acids is 1. The summed E-state index contributed by atoms with van der Waals surface area (Å²) >= 11 is 0. The van der Waals surface area contributed by atoms with Gasteiger partial charge in [-0.2, -0.15) is 0 Å². The van der Waals surface area contributed by atoms with Crippen molar-refractivity contribution < 1.29 is 4.79 Å². The molecule has 0 spiro atoms. The first-order valence-electron chi connectivity index (χ1n) is 7.68. The molecule has 1 fully saturated rings. The second-order valence-electron chi connectivity index (χ2n) is 5.06. The number of hydrogen-bond donors (Lipinski definition) is 3. The highest BCUT2D eigenvalue weighted by Gasteiger charge is 2.20. The molecule has 0 aromatic carbocycles. The number of halogens is 1. The van der Waals surface area contributed by atoms with Crippen molar-refractivity contribution >= 4 is 35.8 Å². The molecule has 0 radical (unpaired) electrons. The van der Waals surface area contributed by atoms with E-state index in [4.69, 9.17) is 0 Å². The van der Waals surface area contributed by atoms with Gasteiger partial charge in [-0.05, 0) is 19.8 Å². The smallest absolute Gasteiger partial charge is 0.223 e. The Morgan fingerprint density at radius 2 is 1.95 bits per heavy atom. The van der Waals surface area contributed by atoms with E-state index in [1.165, 1.54) is 19.3 Å². The largest absolute Gasteiger partial charge is 0.357 e. The van der Waals surface area contributed by atoms with Crippen molar-refractivity contribution in [3.63, 3.8) is 0 Å². The molecule has 0 saturated heterocycles. The van der Waals surface area contributed by atoms with Gasteiger partial charge >= 0.3 is 0 Å². The molecule has 0 aliphatic heterocycles. The van der Waals surface area contributed by atoms with Crippen molar-refractivity contribution in [3.05, 3.63) is 12.7 Å². The van der Waals surface area contributed by atoms with Gasteiger partial charge in [0.15, 0.2) is 5.96 Å². The van der Waals surface area contributed by atoms with Crippen LogP contribution in [-0.2, 0) is 4.79 Å². The van der Waals surface area contributed by atoms with E-state index in [1.54, 1.807) is 6.08 Å². The quantitative estimate of drug-likeness (QED) is 0.199. The zero-order chi connectivity index (χ0) is 14.6. The average Bonchev–Trinajstić information content (AvgIpc) is 2.49. The van der Waals surface area contributed by atoms with E-state index >= 15 is 0 Å². The molecule has 0 bridgehead atoms. The van der Waals surface area contributed by atoms with Crippen molar-refractivity contribution in [1.29, 1.82) is 0 Å². The topological polar surface area (TPSA) is 65.5 Å². The molecule has 3 N–H and O–H groups in total. The van der Waals surface area contributed by atoms with Crippen LogP contribution in [0, 0.1) is 5.92 Å². The van der Waals surface area contributed by atoms with Crippen LogP contribution in [0.15, 0.2) is 17.6 Å². The lowest BCUT2D eigenvalue weighted by Crippen LogP contribution is -2.38. The number of aliphatic imine (C=N–C) groups is 1. The first-order chi connectivity index (χ1) is 9.77. The van der Waals surface area contributed by atoms with E-state index in [-0.39, 0.29) is 35.8 Å². The van der Waals surface area contributed by atoms with Gasteiger partial charge < -0.3 is 16.0 Å². The van der Waals surface area contributed by atoms with Gasteiger partial charge in [0.05, 0.1) is 6.54 Å². The van der Waals surface area contributed by atoms with E-state index < -0.39 is 0 Å². The Morgan fingerprint density at radius 1 is 1.24 bits per heavy atom. The number of amides is 1. The van der Waals surface area contributed by atoms with Gasteiger partial charge in [0, 0.05) is 25.6 Å². The third-order valence-corrected chi connectivity index (χ3v) is 3.41. The Labute approximate surface area is 145 Å². The van der Waals surface area contributed by atoms with Crippen molar-refractivity contribution in [1.82, 2.24) is 16.0 Å². The molecule has 1 amide bonds. The molecule has 1 aliphatic rings. The maximum atomic E-state index is 11.9. The number of nitrogens with one attached hydrogen (secondary N) is 3. The maximum Gasteiger partial charge on any atom is 0.223 e. The van der Waals surface area contributed by atoms with Crippen molar-refractivity contribution in [2.45, 2.75) is 39.0 Å². The second kappa shape index (κ2) is 12.9. The minimum absolute atomic E-state index is 0. The summed E-state index contributed by atoms with van der Waals surface area (Å²) in [5, 5.41) is 9.26. The van der Waals surface area contributed by atoms with Crippen LogP contribution in [0.25, 0.3) is 0 Å². The van der Waals surface area contributed by atoms with Crippen molar-refractivity contribution in [2.24, 2.45) is 10.9 Å². The van der Waals surface area contributed by atoms with Crippen LogP contribution in [0.4, 0.5) is 0 Å². The van der Waals surface area contributed by atoms with Crippen LogP contribution in [0.3, 0.4) is 0 Å². The molecule has 0 heterocycles. The number of carbonyl (C=O) groups is 1. The predicted molar refractivity (Wildman–Crippen MR) is 99.2 cm³/mol. The van der Waals surface area contributed by atoms with E-state index in [2.05, 4.69) is 27.5 Å². The number of hydrogen-bond acceptors (Lipinski definition) is 2. The zero-order valence-electron chi connectivity index (χ0n) is 13.0. The first-order valence-corrected chi connectivity index (χ1v) is 7.68.